The summed E-state index contributed by atoms with van der Waals surface area (Å²) in [6, 6.07) is 15.5. The van der Waals surface area contributed by atoms with E-state index in [-0.39, 0.29) is 0 Å². The molecule has 1 fully saturated rings. The highest BCUT2D eigenvalue weighted by atomic mass is 14.9. The molecule has 0 radical (unpaired) electrons. The van der Waals surface area contributed by atoms with Crippen molar-refractivity contribution < 1.29 is 0 Å². The molecule has 1 N–H and O–H groups in total. The topological polar surface area (TPSA) is 12.0 Å². The van der Waals surface area contributed by atoms with Crippen LogP contribution in [0.15, 0.2) is 42.5 Å². The fourth-order valence-electron chi connectivity index (χ4n) is 3.21. The van der Waals surface area contributed by atoms with Gasteiger partial charge in [-0.2, -0.15) is 0 Å². The third-order valence-electron chi connectivity index (χ3n) is 4.94. The lowest BCUT2D eigenvalue weighted by Gasteiger charge is -2.10. The number of aryl methyl sites for hydroxylation is 4. The first-order valence-corrected chi connectivity index (χ1v) is 10.00. The number of hydrogen-bond acceptors (Lipinski definition) is 1. The van der Waals surface area contributed by atoms with Crippen LogP contribution in [0.4, 0.5) is 0 Å². The fraction of sp³-hybridized carbons (Fsp3) is 0.500. The van der Waals surface area contributed by atoms with Crippen LogP contribution in [0.5, 0.6) is 0 Å². The molecule has 0 bridgehead atoms. The molecule has 0 aliphatic carbocycles. The number of benzene rings is 2. The van der Waals surface area contributed by atoms with Crippen LogP contribution in [-0.4, -0.2) is 13.1 Å². The van der Waals surface area contributed by atoms with Gasteiger partial charge in [0.25, 0.3) is 0 Å². The second-order valence-electron chi connectivity index (χ2n) is 6.51. The maximum atomic E-state index is 3.40. The second-order valence-corrected chi connectivity index (χ2v) is 6.51. The van der Waals surface area contributed by atoms with E-state index in [1.807, 2.05) is 13.8 Å². The van der Waals surface area contributed by atoms with Gasteiger partial charge >= 0.3 is 0 Å². The third-order valence-corrected chi connectivity index (χ3v) is 4.94. The molecule has 3 rings (SSSR count). The molecule has 1 atom stereocenters. The van der Waals surface area contributed by atoms with E-state index < -0.39 is 0 Å². The molecule has 2 aromatic rings. The highest BCUT2D eigenvalue weighted by Gasteiger charge is 2.16. The van der Waals surface area contributed by atoms with Crippen molar-refractivity contribution in [2.24, 2.45) is 0 Å². The molecule has 0 saturated carbocycles. The Bertz CT molecular complexity index is 586. The van der Waals surface area contributed by atoms with Gasteiger partial charge in [0.2, 0.25) is 0 Å². The lowest BCUT2D eigenvalue weighted by atomic mass is 9.95. The molecule has 1 aliphatic heterocycles. The van der Waals surface area contributed by atoms with Crippen LogP contribution in [0.1, 0.15) is 67.9 Å². The Morgan fingerprint density at radius 1 is 0.880 bits per heavy atom. The molecule has 1 heterocycles. The molecule has 1 unspecified atom stereocenters. The Morgan fingerprint density at radius 3 is 1.92 bits per heavy atom. The van der Waals surface area contributed by atoms with E-state index in [4.69, 9.17) is 0 Å². The summed E-state index contributed by atoms with van der Waals surface area (Å²) in [6.07, 6.45) is 3.61. The molecule has 25 heavy (non-hydrogen) atoms. The molecule has 1 heteroatoms. The van der Waals surface area contributed by atoms with Crippen molar-refractivity contribution in [3.63, 3.8) is 0 Å². The van der Waals surface area contributed by atoms with Crippen molar-refractivity contribution in [2.45, 2.75) is 66.7 Å². The summed E-state index contributed by atoms with van der Waals surface area (Å²) in [4.78, 5) is 0. The van der Waals surface area contributed by atoms with Gasteiger partial charge in [0.1, 0.15) is 0 Å². The van der Waals surface area contributed by atoms with E-state index in [2.05, 4.69) is 75.5 Å². The summed E-state index contributed by atoms with van der Waals surface area (Å²) < 4.78 is 0. The third kappa shape index (κ3) is 6.66. The molecular weight excluding hydrogens is 302 g/mol. The van der Waals surface area contributed by atoms with Crippen LogP contribution in [0.2, 0.25) is 0 Å². The monoisotopic (exact) mass is 339 g/mol. The van der Waals surface area contributed by atoms with Gasteiger partial charge in [0, 0.05) is 6.54 Å². The summed E-state index contributed by atoms with van der Waals surface area (Å²) in [5.74, 6) is 0.749. The van der Waals surface area contributed by atoms with Gasteiger partial charge in [-0.05, 0) is 73.4 Å². The number of nitrogens with one attached hydrogen (secondary N) is 1. The van der Waals surface area contributed by atoms with Gasteiger partial charge in [-0.15, -0.1) is 0 Å². The number of rotatable bonds is 3. The van der Waals surface area contributed by atoms with Gasteiger partial charge < -0.3 is 5.32 Å². The molecule has 0 spiro atoms. The van der Waals surface area contributed by atoms with Crippen molar-refractivity contribution in [3.05, 3.63) is 70.3 Å². The fourth-order valence-corrected chi connectivity index (χ4v) is 3.21. The summed E-state index contributed by atoms with van der Waals surface area (Å²) in [5.41, 5.74) is 7.31. The predicted molar refractivity (Wildman–Crippen MR) is 113 cm³/mol. The molecule has 1 nitrogen and oxygen atoms in total. The van der Waals surface area contributed by atoms with Crippen molar-refractivity contribution in [1.82, 2.24) is 5.32 Å². The minimum Gasteiger partial charge on any atom is -0.316 e. The van der Waals surface area contributed by atoms with Crippen LogP contribution in [0.25, 0.3) is 0 Å². The van der Waals surface area contributed by atoms with E-state index in [0.29, 0.717) is 0 Å². The maximum absolute atomic E-state index is 3.40. The van der Waals surface area contributed by atoms with Gasteiger partial charge in [-0.25, -0.2) is 0 Å². The zero-order valence-corrected chi connectivity index (χ0v) is 17.2. The van der Waals surface area contributed by atoms with Crippen molar-refractivity contribution in [1.29, 1.82) is 0 Å². The van der Waals surface area contributed by atoms with E-state index in [1.165, 1.54) is 40.8 Å². The van der Waals surface area contributed by atoms with Gasteiger partial charge in [0.15, 0.2) is 0 Å². The average molecular weight is 340 g/mol. The summed E-state index contributed by atoms with van der Waals surface area (Å²) >= 11 is 0. The van der Waals surface area contributed by atoms with Gasteiger partial charge in [-0.1, -0.05) is 70.2 Å². The molecule has 1 saturated heterocycles. The van der Waals surface area contributed by atoms with E-state index >= 15 is 0 Å². The molecule has 0 aromatic heterocycles. The maximum Gasteiger partial charge on any atom is 0.00206 e. The van der Waals surface area contributed by atoms with Gasteiger partial charge in [-0.3, -0.25) is 0 Å². The predicted octanol–water partition coefficient (Wildman–Crippen LogP) is 6.22. The Kier molecular flexibility index (Phi) is 10.2. The number of hydrogen-bond donors (Lipinski definition) is 1. The Morgan fingerprint density at radius 2 is 1.48 bits per heavy atom. The van der Waals surface area contributed by atoms with Gasteiger partial charge in [0.05, 0.1) is 0 Å². The molecule has 0 amide bonds. The van der Waals surface area contributed by atoms with Crippen LogP contribution < -0.4 is 5.32 Å². The second kappa shape index (κ2) is 11.9. The normalized spacial score (nSPS) is 15.7. The molecule has 138 valence electrons. The zero-order valence-electron chi connectivity index (χ0n) is 17.2. The summed E-state index contributed by atoms with van der Waals surface area (Å²) in [6.45, 7) is 15.1. The lowest BCUT2D eigenvalue weighted by Crippen LogP contribution is -2.08. The molecule has 1 aliphatic rings. The minimum atomic E-state index is 0.749. The molecule has 2 aromatic carbocycles. The lowest BCUT2D eigenvalue weighted by molar-refractivity contribution is 0.762. The van der Waals surface area contributed by atoms with E-state index in [0.717, 1.165) is 25.3 Å². The van der Waals surface area contributed by atoms with Crippen molar-refractivity contribution in [3.8, 4) is 0 Å². The SMILES string of the molecule is CC.CCc1ccccc1CC.Cc1ccc(C2CCNC2)cc1C. The smallest absolute Gasteiger partial charge is 0.00206 e. The summed E-state index contributed by atoms with van der Waals surface area (Å²) in [7, 11) is 0. The first-order chi connectivity index (χ1) is 12.2. The van der Waals surface area contributed by atoms with E-state index in [1.54, 1.807) is 0 Å². The zero-order chi connectivity index (χ0) is 18.7. The van der Waals surface area contributed by atoms with E-state index in [9.17, 15) is 0 Å². The first-order valence-electron chi connectivity index (χ1n) is 10.00. The van der Waals surface area contributed by atoms with Crippen molar-refractivity contribution >= 4 is 0 Å². The Balaban J connectivity index is 0.000000235. The largest absolute Gasteiger partial charge is 0.316 e. The first kappa shape index (κ1) is 21.4. The van der Waals surface area contributed by atoms with Crippen LogP contribution in [0.3, 0.4) is 0 Å². The highest BCUT2D eigenvalue weighted by molar-refractivity contribution is 5.32. The Labute approximate surface area is 155 Å². The van der Waals surface area contributed by atoms with Crippen LogP contribution in [-0.2, 0) is 12.8 Å². The summed E-state index contributed by atoms with van der Waals surface area (Å²) in [5, 5.41) is 3.40. The minimum absolute atomic E-state index is 0.749. The standard InChI is InChI=1S/C12H17N.C10H14.C2H6/c1-9-3-4-11(7-10(9)2)12-5-6-13-8-12;1-3-9-7-5-6-8-10(9)4-2;1-2/h3-4,7,12-13H,5-6,8H2,1-2H3;5-8H,3-4H2,1-2H3;1-2H3. The van der Waals surface area contributed by atoms with Crippen LogP contribution >= 0.6 is 0 Å². The Hall–Kier alpha value is -1.60. The quantitative estimate of drug-likeness (QED) is 0.700. The molecular formula is C24H37N. The highest BCUT2D eigenvalue weighted by Crippen LogP contribution is 2.23. The van der Waals surface area contributed by atoms with Crippen molar-refractivity contribution in [2.75, 3.05) is 13.1 Å². The van der Waals surface area contributed by atoms with Crippen LogP contribution in [0, 0.1) is 13.8 Å². The average Bonchev–Trinajstić information content (AvgIpc) is 3.21.